The van der Waals surface area contributed by atoms with E-state index in [1.165, 1.54) is 0 Å². The van der Waals surface area contributed by atoms with Crippen molar-refractivity contribution in [3.63, 3.8) is 0 Å². The Kier molecular flexibility index (Phi) is 5.89. The minimum Gasteiger partial charge on any atom is -0.444 e. The van der Waals surface area contributed by atoms with Crippen molar-refractivity contribution in [1.29, 1.82) is 0 Å². The van der Waals surface area contributed by atoms with Crippen LogP contribution in [0.2, 0.25) is 0 Å². The molecule has 1 aromatic rings. The zero-order valence-electron chi connectivity index (χ0n) is 15.9. The molecule has 1 heterocycles. The SMILES string of the molecule is CC(C)(C)OC(=O)Nc1cncc(C(NS(=O)C(C)(C)C)C2CC2)c1. The Bertz CT molecular complexity index is 646. The Hall–Kier alpha value is -1.47. The van der Waals surface area contributed by atoms with E-state index in [0.717, 1.165) is 18.4 Å². The number of amides is 1. The predicted molar refractivity (Wildman–Crippen MR) is 101 cm³/mol. The van der Waals surface area contributed by atoms with Gasteiger partial charge in [0.1, 0.15) is 5.60 Å². The van der Waals surface area contributed by atoms with Crippen LogP contribution < -0.4 is 10.0 Å². The molecule has 2 N–H and O–H groups in total. The Balaban J connectivity index is 2.12. The van der Waals surface area contributed by atoms with Crippen molar-refractivity contribution in [2.24, 2.45) is 5.92 Å². The van der Waals surface area contributed by atoms with E-state index in [9.17, 15) is 9.00 Å². The second-order valence-corrected chi connectivity index (χ2v) is 10.4. The first kappa shape index (κ1) is 19.8. The third-order valence-electron chi connectivity index (χ3n) is 3.65. The van der Waals surface area contributed by atoms with Gasteiger partial charge < -0.3 is 4.74 Å². The molecule has 1 aromatic heterocycles. The van der Waals surface area contributed by atoms with Crippen molar-refractivity contribution >= 4 is 22.8 Å². The molecule has 2 atom stereocenters. The fourth-order valence-corrected chi connectivity index (χ4v) is 3.19. The van der Waals surface area contributed by atoms with Crippen LogP contribution in [0, 0.1) is 5.92 Å². The zero-order valence-corrected chi connectivity index (χ0v) is 16.7. The first-order valence-corrected chi connectivity index (χ1v) is 9.74. The summed E-state index contributed by atoms with van der Waals surface area (Å²) in [6.07, 6.45) is 5.03. The van der Waals surface area contributed by atoms with E-state index < -0.39 is 22.7 Å². The molecule has 2 unspecified atom stereocenters. The van der Waals surface area contributed by atoms with Crippen molar-refractivity contribution < 1.29 is 13.7 Å². The van der Waals surface area contributed by atoms with Crippen LogP contribution in [0.3, 0.4) is 0 Å². The molecule has 2 rings (SSSR count). The Morgan fingerprint density at radius 1 is 1.24 bits per heavy atom. The van der Waals surface area contributed by atoms with E-state index in [-0.39, 0.29) is 10.8 Å². The predicted octanol–water partition coefficient (Wildman–Crippen LogP) is 3.93. The van der Waals surface area contributed by atoms with Gasteiger partial charge in [0.05, 0.1) is 27.6 Å². The molecule has 0 aliphatic heterocycles. The molecule has 0 radical (unpaired) electrons. The summed E-state index contributed by atoms with van der Waals surface area (Å²) in [7, 11) is -1.17. The Labute approximate surface area is 152 Å². The molecular weight excluding hydrogens is 338 g/mol. The van der Waals surface area contributed by atoms with Crippen LogP contribution in [0.5, 0.6) is 0 Å². The molecule has 140 valence electrons. The van der Waals surface area contributed by atoms with E-state index in [1.807, 2.05) is 47.6 Å². The fraction of sp³-hybridized carbons (Fsp3) is 0.667. The highest BCUT2D eigenvalue weighted by atomic mass is 32.2. The summed E-state index contributed by atoms with van der Waals surface area (Å²) in [5.74, 6) is 0.449. The number of hydrogen-bond donors (Lipinski definition) is 2. The van der Waals surface area contributed by atoms with E-state index in [0.29, 0.717) is 11.6 Å². The highest BCUT2D eigenvalue weighted by Gasteiger charge is 2.35. The van der Waals surface area contributed by atoms with Gasteiger partial charge in [-0.25, -0.2) is 13.7 Å². The Morgan fingerprint density at radius 2 is 1.88 bits per heavy atom. The summed E-state index contributed by atoms with van der Waals surface area (Å²) in [5.41, 5.74) is 0.936. The molecule has 1 fully saturated rings. The second kappa shape index (κ2) is 7.41. The lowest BCUT2D eigenvalue weighted by molar-refractivity contribution is 0.0636. The van der Waals surface area contributed by atoms with E-state index in [1.54, 1.807) is 12.4 Å². The van der Waals surface area contributed by atoms with Crippen molar-refractivity contribution in [3.05, 3.63) is 24.0 Å². The van der Waals surface area contributed by atoms with E-state index in [4.69, 9.17) is 4.74 Å². The van der Waals surface area contributed by atoms with Crippen LogP contribution in [0.4, 0.5) is 10.5 Å². The number of rotatable bonds is 5. The van der Waals surface area contributed by atoms with E-state index in [2.05, 4.69) is 15.0 Å². The third-order valence-corrected chi connectivity index (χ3v) is 5.23. The summed E-state index contributed by atoms with van der Waals surface area (Å²) < 4.78 is 20.7. The molecule has 1 aliphatic rings. The monoisotopic (exact) mass is 367 g/mol. The molecule has 1 saturated carbocycles. The molecule has 0 saturated heterocycles. The number of nitrogens with zero attached hydrogens (tertiary/aromatic N) is 1. The number of pyridine rings is 1. The van der Waals surface area contributed by atoms with Gasteiger partial charge in [-0.05, 0) is 71.9 Å². The summed E-state index contributed by atoms with van der Waals surface area (Å²) >= 11 is 0. The summed E-state index contributed by atoms with van der Waals surface area (Å²) in [6, 6.07) is 1.83. The second-order valence-electron chi connectivity index (χ2n) is 8.45. The fourth-order valence-electron chi connectivity index (χ4n) is 2.28. The molecule has 0 spiro atoms. The number of carbonyl (C=O) groups excluding carboxylic acids is 1. The van der Waals surface area contributed by atoms with Gasteiger partial charge in [-0.2, -0.15) is 0 Å². The van der Waals surface area contributed by atoms with Crippen molar-refractivity contribution in [1.82, 2.24) is 9.71 Å². The lowest BCUT2D eigenvalue weighted by Crippen LogP contribution is -2.36. The number of anilines is 1. The van der Waals surface area contributed by atoms with Crippen LogP contribution in [-0.2, 0) is 15.7 Å². The van der Waals surface area contributed by atoms with Crippen LogP contribution in [0.25, 0.3) is 0 Å². The summed E-state index contributed by atoms with van der Waals surface area (Å²) in [4.78, 5) is 16.2. The van der Waals surface area contributed by atoms with Gasteiger partial charge in [-0.3, -0.25) is 10.3 Å². The maximum atomic E-state index is 12.5. The van der Waals surface area contributed by atoms with Gasteiger partial charge >= 0.3 is 6.09 Å². The molecule has 0 bridgehead atoms. The third kappa shape index (κ3) is 6.40. The van der Waals surface area contributed by atoms with Crippen LogP contribution >= 0.6 is 0 Å². The minimum atomic E-state index is -1.17. The zero-order chi connectivity index (χ0) is 18.8. The number of aromatic nitrogens is 1. The average Bonchev–Trinajstić information content (AvgIpc) is 3.25. The molecule has 7 heteroatoms. The normalized spacial score (nSPS) is 17.7. The van der Waals surface area contributed by atoms with Crippen LogP contribution in [-0.4, -0.2) is 25.6 Å². The Morgan fingerprint density at radius 3 is 2.40 bits per heavy atom. The van der Waals surface area contributed by atoms with Gasteiger partial charge in [-0.15, -0.1) is 0 Å². The van der Waals surface area contributed by atoms with Crippen molar-refractivity contribution in [3.8, 4) is 0 Å². The lowest BCUT2D eigenvalue weighted by atomic mass is 10.1. The van der Waals surface area contributed by atoms with Crippen LogP contribution in [0.1, 0.15) is 66.0 Å². The minimum absolute atomic E-state index is 0.0343. The summed E-state index contributed by atoms with van der Waals surface area (Å²) in [6.45, 7) is 11.3. The van der Waals surface area contributed by atoms with Gasteiger partial charge in [0.2, 0.25) is 0 Å². The first-order chi connectivity index (χ1) is 11.5. The maximum Gasteiger partial charge on any atom is 0.412 e. The molecular formula is C18H29N3O3S. The quantitative estimate of drug-likeness (QED) is 0.826. The van der Waals surface area contributed by atoms with Crippen molar-refractivity contribution in [2.45, 2.75) is 70.8 Å². The number of nitrogens with one attached hydrogen (secondary N) is 2. The number of ether oxygens (including phenoxy) is 1. The molecule has 1 aliphatic carbocycles. The largest absolute Gasteiger partial charge is 0.444 e. The number of carbonyl (C=O) groups is 1. The highest BCUT2D eigenvalue weighted by molar-refractivity contribution is 7.84. The van der Waals surface area contributed by atoms with Crippen molar-refractivity contribution in [2.75, 3.05) is 5.32 Å². The standard InChI is InChI=1S/C18H29N3O3S/c1-17(2,3)24-16(22)20-14-9-13(10-19-11-14)15(12-7-8-12)21-25(23)18(4,5)6/h9-12,15,21H,7-8H2,1-6H3,(H,20,22). The van der Waals surface area contributed by atoms with Gasteiger partial charge in [0.25, 0.3) is 0 Å². The molecule has 6 nitrogen and oxygen atoms in total. The average molecular weight is 368 g/mol. The highest BCUT2D eigenvalue weighted by Crippen LogP contribution is 2.41. The maximum absolute atomic E-state index is 12.5. The smallest absolute Gasteiger partial charge is 0.412 e. The van der Waals surface area contributed by atoms with Gasteiger partial charge in [0, 0.05) is 12.2 Å². The number of hydrogen-bond acceptors (Lipinski definition) is 4. The lowest BCUT2D eigenvalue weighted by Gasteiger charge is -2.25. The molecule has 0 aromatic carbocycles. The molecule has 25 heavy (non-hydrogen) atoms. The summed E-state index contributed by atoms with van der Waals surface area (Å²) in [5, 5.41) is 2.71. The van der Waals surface area contributed by atoms with E-state index >= 15 is 0 Å². The van der Waals surface area contributed by atoms with Gasteiger partial charge in [-0.1, -0.05) is 0 Å². The van der Waals surface area contributed by atoms with Gasteiger partial charge in [0.15, 0.2) is 0 Å². The topological polar surface area (TPSA) is 80.3 Å². The molecule has 1 amide bonds. The van der Waals surface area contributed by atoms with Crippen LogP contribution in [0.15, 0.2) is 18.5 Å². The first-order valence-electron chi connectivity index (χ1n) is 8.59.